The maximum Gasteiger partial charge on any atom is 0.269 e. The van der Waals surface area contributed by atoms with E-state index in [2.05, 4.69) is 5.32 Å². The first kappa shape index (κ1) is 13.4. The van der Waals surface area contributed by atoms with Crippen LogP contribution in [0, 0.1) is 10.1 Å². The number of rotatable bonds is 1. The molecule has 1 amide bonds. The molecule has 2 aliphatic rings. The van der Waals surface area contributed by atoms with Crippen LogP contribution in [-0.4, -0.2) is 21.7 Å². The summed E-state index contributed by atoms with van der Waals surface area (Å²) in [6.45, 7) is 3.18. The molecular formula is C14H14N2O5. The Kier molecular flexibility index (Phi) is 2.69. The van der Waals surface area contributed by atoms with Crippen molar-refractivity contribution in [3.8, 4) is 5.75 Å². The topological polar surface area (TPSA) is 102 Å². The van der Waals surface area contributed by atoms with E-state index < -0.39 is 22.5 Å². The van der Waals surface area contributed by atoms with Gasteiger partial charge in [0.15, 0.2) is 5.72 Å². The quantitative estimate of drug-likeness (QED) is 0.357. The maximum absolute atomic E-state index is 12.1. The number of piperidine rings is 1. The first-order chi connectivity index (χ1) is 9.81. The minimum atomic E-state index is -0.871. The number of hydrogen-bond acceptors (Lipinski definition) is 5. The second-order valence-electron chi connectivity index (χ2n) is 5.52. The number of aliphatic hydroxyl groups excluding tert-OH is 1. The van der Waals surface area contributed by atoms with Crippen molar-refractivity contribution in [3.05, 3.63) is 45.2 Å². The highest BCUT2D eigenvalue weighted by Gasteiger charge is 2.47. The molecule has 21 heavy (non-hydrogen) atoms. The lowest BCUT2D eigenvalue weighted by Crippen LogP contribution is -2.58. The normalized spacial score (nSPS) is 29.0. The number of carbonyl (C=O) groups excluding carboxylic acids is 1. The highest BCUT2D eigenvalue weighted by molar-refractivity contribution is 5.97. The molecule has 1 fully saturated rings. The van der Waals surface area contributed by atoms with Crippen molar-refractivity contribution >= 4 is 11.6 Å². The van der Waals surface area contributed by atoms with E-state index in [9.17, 15) is 20.0 Å². The van der Waals surface area contributed by atoms with Gasteiger partial charge in [-0.1, -0.05) is 0 Å². The van der Waals surface area contributed by atoms with Gasteiger partial charge in [0, 0.05) is 30.0 Å². The number of aliphatic hydroxyl groups is 1. The molecule has 7 heteroatoms. The SMILES string of the molecule is C/C(O)=C1/C(=O)NC2(C)CC1c1cc([N+](=O)[O-])ccc1O2. The van der Waals surface area contributed by atoms with Crippen molar-refractivity contribution < 1.29 is 19.6 Å². The molecule has 2 N–H and O–H groups in total. The molecular weight excluding hydrogens is 276 g/mol. The number of nitrogens with zero attached hydrogens (tertiary/aromatic N) is 1. The van der Waals surface area contributed by atoms with Gasteiger partial charge in [0.25, 0.3) is 11.6 Å². The summed E-state index contributed by atoms with van der Waals surface area (Å²) in [7, 11) is 0. The van der Waals surface area contributed by atoms with Crippen LogP contribution in [-0.2, 0) is 4.79 Å². The summed E-state index contributed by atoms with van der Waals surface area (Å²) in [5, 5.41) is 23.4. The Morgan fingerprint density at radius 2 is 2.29 bits per heavy atom. The van der Waals surface area contributed by atoms with Crippen LogP contribution in [0.5, 0.6) is 5.75 Å². The van der Waals surface area contributed by atoms with Gasteiger partial charge in [-0.25, -0.2) is 0 Å². The van der Waals surface area contributed by atoms with E-state index in [1.54, 1.807) is 6.92 Å². The summed E-state index contributed by atoms with van der Waals surface area (Å²) in [5.41, 5.74) is -0.150. The van der Waals surface area contributed by atoms with Crippen LogP contribution in [0.4, 0.5) is 5.69 Å². The Morgan fingerprint density at radius 1 is 1.57 bits per heavy atom. The van der Waals surface area contributed by atoms with Crippen molar-refractivity contribution in [3.63, 3.8) is 0 Å². The average molecular weight is 290 g/mol. The minimum Gasteiger partial charge on any atom is -0.512 e. The van der Waals surface area contributed by atoms with E-state index in [0.29, 0.717) is 17.7 Å². The maximum atomic E-state index is 12.1. The number of nitro groups is 1. The number of fused-ring (bicyclic) bond motifs is 4. The van der Waals surface area contributed by atoms with Crippen LogP contribution in [0.2, 0.25) is 0 Å². The van der Waals surface area contributed by atoms with Crippen LogP contribution in [0.15, 0.2) is 29.5 Å². The summed E-state index contributed by atoms with van der Waals surface area (Å²) in [5.74, 6) is -0.430. The number of allylic oxidation sites excluding steroid dienone is 1. The summed E-state index contributed by atoms with van der Waals surface area (Å²) in [4.78, 5) is 22.6. The van der Waals surface area contributed by atoms with Gasteiger partial charge in [-0.05, 0) is 19.9 Å². The Labute approximate surface area is 120 Å². The fraction of sp³-hybridized carbons (Fsp3) is 0.357. The molecule has 0 saturated carbocycles. The first-order valence-corrected chi connectivity index (χ1v) is 6.50. The molecule has 0 radical (unpaired) electrons. The number of benzene rings is 1. The molecule has 2 bridgehead atoms. The highest BCUT2D eigenvalue weighted by atomic mass is 16.6. The largest absolute Gasteiger partial charge is 0.512 e. The van der Waals surface area contributed by atoms with Crippen LogP contribution < -0.4 is 10.1 Å². The fourth-order valence-electron chi connectivity index (χ4n) is 3.01. The van der Waals surface area contributed by atoms with Crippen LogP contribution in [0.1, 0.15) is 31.7 Å². The molecule has 7 nitrogen and oxygen atoms in total. The van der Waals surface area contributed by atoms with Crippen molar-refractivity contribution in [1.82, 2.24) is 5.32 Å². The molecule has 0 aromatic heterocycles. The van der Waals surface area contributed by atoms with E-state index in [-0.39, 0.29) is 17.0 Å². The Hall–Kier alpha value is -2.57. The number of non-ortho nitro benzene ring substituents is 1. The number of hydrogen-bond donors (Lipinski definition) is 2. The van der Waals surface area contributed by atoms with E-state index in [1.165, 1.54) is 25.1 Å². The average Bonchev–Trinajstić information content (AvgIpc) is 2.36. The lowest BCUT2D eigenvalue weighted by Gasteiger charge is -2.44. The standard InChI is InChI=1S/C14H14N2O5/c1-7(17)12-10-6-14(2,15-13(12)18)21-11-4-3-8(16(19)20)5-9(10)11/h3-5,10,17H,6H2,1-2H3,(H,15,18)/b12-7-. The zero-order valence-corrected chi connectivity index (χ0v) is 11.5. The number of ether oxygens (including phenoxy) is 1. The number of carbonyl (C=O) groups is 1. The monoisotopic (exact) mass is 290 g/mol. The second-order valence-corrected chi connectivity index (χ2v) is 5.52. The molecule has 110 valence electrons. The fourth-order valence-corrected chi connectivity index (χ4v) is 3.01. The first-order valence-electron chi connectivity index (χ1n) is 6.50. The van der Waals surface area contributed by atoms with Gasteiger partial charge in [-0.15, -0.1) is 0 Å². The number of amides is 1. The molecule has 0 spiro atoms. The van der Waals surface area contributed by atoms with Crippen LogP contribution >= 0.6 is 0 Å². The predicted molar refractivity (Wildman–Crippen MR) is 73.0 cm³/mol. The van der Waals surface area contributed by atoms with Crippen molar-refractivity contribution in [2.75, 3.05) is 0 Å². The molecule has 3 rings (SSSR count). The molecule has 2 heterocycles. The van der Waals surface area contributed by atoms with Gasteiger partial charge in [-0.2, -0.15) is 0 Å². The third kappa shape index (κ3) is 2.01. The summed E-state index contributed by atoms with van der Waals surface area (Å²) < 4.78 is 5.76. The lowest BCUT2D eigenvalue weighted by atomic mass is 9.78. The van der Waals surface area contributed by atoms with E-state index in [4.69, 9.17) is 4.74 Å². The van der Waals surface area contributed by atoms with Crippen LogP contribution in [0.25, 0.3) is 0 Å². The molecule has 1 saturated heterocycles. The number of nitro benzene ring substituents is 1. The molecule has 0 aliphatic carbocycles. The summed E-state index contributed by atoms with van der Waals surface area (Å²) >= 11 is 0. The van der Waals surface area contributed by atoms with E-state index in [1.807, 2.05) is 0 Å². The highest BCUT2D eigenvalue weighted by Crippen LogP contribution is 2.47. The molecule has 2 unspecified atom stereocenters. The van der Waals surface area contributed by atoms with Crippen molar-refractivity contribution in [2.24, 2.45) is 0 Å². The third-order valence-electron chi connectivity index (χ3n) is 3.87. The van der Waals surface area contributed by atoms with Gasteiger partial charge in [0.2, 0.25) is 0 Å². The van der Waals surface area contributed by atoms with Crippen molar-refractivity contribution in [1.29, 1.82) is 0 Å². The molecule has 2 atom stereocenters. The second kappa shape index (κ2) is 4.21. The molecule has 1 aromatic rings. The van der Waals surface area contributed by atoms with Gasteiger partial charge in [0.1, 0.15) is 5.75 Å². The van der Waals surface area contributed by atoms with Gasteiger partial charge >= 0.3 is 0 Å². The molecule has 1 aromatic carbocycles. The van der Waals surface area contributed by atoms with Gasteiger partial charge < -0.3 is 15.2 Å². The smallest absolute Gasteiger partial charge is 0.269 e. The third-order valence-corrected chi connectivity index (χ3v) is 3.87. The van der Waals surface area contributed by atoms with Crippen LogP contribution in [0.3, 0.4) is 0 Å². The lowest BCUT2D eigenvalue weighted by molar-refractivity contribution is -0.385. The van der Waals surface area contributed by atoms with Gasteiger partial charge in [-0.3, -0.25) is 14.9 Å². The summed E-state index contributed by atoms with van der Waals surface area (Å²) in [6.07, 6.45) is 0.417. The van der Waals surface area contributed by atoms with Gasteiger partial charge in [0.05, 0.1) is 16.3 Å². The minimum absolute atomic E-state index is 0.0677. The predicted octanol–water partition coefficient (Wildman–Crippen LogP) is 2.14. The Balaban J connectivity index is 2.20. The van der Waals surface area contributed by atoms with E-state index in [0.717, 1.165) is 0 Å². The zero-order valence-electron chi connectivity index (χ0n) is 11.5. The summed E-state index contributed by atoms with van der Waals surface area (Å²) in [6, 6.07) is 4.29. The Bertz CT molecular complexity index is 693. The van der Waals surface area contributed by atoms with Crippen molar-refractivity contribution in [2.45, 2.75) is 31.9 Å². The number of nitrogens with one attached hydrogen (secondary N) is 1. The Morgan fingerprint density at radius 3 is 2.90 bits per heavy atom. The zero-order chi connectivity index (χ0) is 15.4. The van der Waals surface area contributed by atoms with E-state index >= 15 is 0 Å². The molecule has 2 aliphatic heterocycles.